The van der Waals surface area contributed by atoms with Gasteiger partial charge in [0.05, 0.1) is 0 Å². The predicted molar refractivity (Wildman–Crippen MR) is 82.0 cm³/mol. The molecule has 2 aromatic rings. The van der Waals surface area contributed by atoms with Crippen molar-refractivity contribution in [3.05, 3.63) is 59.7 Å². The number of hydrogen-bond acceptors (Lipinski definition) is 3. The first-order chi connectivity index (χ1) is 10.1. The van der Waals surface area contributed by atoms with Crippen LogP contribution in [0.3, 0.4) is 0 Å². The van der Waals surface area contributed by atoms with Gasteiger partial charge in [0.2, 0.25) is 0 Å². The van der Waals surface area contributed by atoms with Gasteiger partial charge in [-0.15, -0.1) is 0 Å². The zero-order valence-corrected chi connectivity index (χ0v) is 12.4. The van der Waals surface area contributed by atoms with Crippen LogP contribution in [0.1, 0.15) is 25.0 Å². The van der Waals surface area contributed by atoms with Crippen molar-refractivity contribution in [2.75, 3.05) is 13.2 Å². The lowest BCUT2D eigenvalue weighted by molar-refractivity contribution is 0.0626. The fourth-order valence-corrected chi connectivity index (χ4v) is 2.54. The van der Waals surface area contributed by atoms with Gasteiger partial charge in [-0.1, -0.05) is 38.1 Å². The molecule has 0 unspecified atom stereocenters. The van der Waals surface area contributed by atoms with Gasteiger partial charge in [-0.3, -0.25) is 0 Å². The molecule has 1 N–H and O–H groups in total. The standard InChI is InChI=1S/C18H20O3/c1-18(2)13-3-7-16(8-4-13)20-11-15(19)12-21-17-9-5-14(18)6-10-17/h3-10,15,19H,11-12H2,1-2H3. The Hall–Kier alpha value is -2.00. The topological polar surface area (TPSA) is 38.7 Å². The van der Waals surface area contributed by atoms with E-state index in [1.54, 1.807) is 0 Å². The van der Waals surface area contributed by atoms with E-state index in [2.05, 4.69) is 38.1 Å². The molecule has 3 nitrogen and oxygen atoms in total. The molecular formula is C18H20O3. The summed E-state index contributed by atoms with van der Waals surface area (Å²) in [5, 5.41) is 9.87. The Bertz CT molecular complexity index is 546. The third-order valence-electron chi connectivity index (χ3n) is 4.04. The van der Waals surface area contributed by atoms with Crippen LogP contribution in [0.4, 0.5) is 0 Å². The molecule has 110 valence electrons. The van der Waals surface area contributed by atoms with Crippen LogP contribution in [0.2, 0.25) is 0 Å². The molecule has 3 heteroatoms. The monoisotopic (exact) mass is 284 g/mol. The average molecular weight is 284 g/mol. The number of aliphatic hydroxyl groups excluding tert-OH is 1. The van der Waals surface area contributed by atoms with Crippen molar-refractivity contribution in [2.45, 2.75) is 25.4 Å². The molecule has 0 saturated heterocycles. The summed E-state index contributed by atoms with van der Waals surface area (Å²) < 4.78 is 11.2. The average Bonchev–Trinajstić information content (AvgIpc) is 2.51. The molecule has 0 amide bonds. The Morgan fingerprint density at radius 3 is 1.57 bits per heavy atom. The minimum absolute atomic E-state index is 0.0826. The molecule has 0 radical (unpaired) electrons. The van der Waals surface area contributed by atoms with Crippen LogP contribution in [0.5, 0.6) is 11.5 Å². The van der Waals surface area contributed by atoms with E-state index in [1.807, 2.05) is 24.3 Å². The lowest BCUT2D eigenvalue weighted by atomic mass is 9.78. The molecule has 4 heterocycles. The van der Waals surface area contributed by atoms with Crippen LogP contribution in [-0.4, -0.2) is 24.4 Å². The maximum Gasteiger partial charge on any atom is 0.122 e. The van der Waals surface area contributed by atoms with Gasteiger partial charge >= 0.3 is 0 Å². The molecule has 21 heavy (non-hydrogen) atoms. The van der Waals surface area contributed by atoms with Crippen molar-refractivity contribution in [1.82, 2.24) is 0 Å². The molecule has 4 aliphatic rings. The second kappa shape index (κ2) is 5.41. The Morgan fingerprint density at radius 2 is 1.19 bits per heavy atom. The summed E-state index contributed by atoms with van der Waals surface area (Å²) in [6.07, 6.45) is -0.649. The first-order valence-electron chi connectivity index (χ1n) is 7.20. The molecular weight excluding hydrogens is 264 g/mol. The number of ether oxygens (including phenoxy) is 2. The number of rotatable bonds is 0. The SMILES string of the molecule is CC1(C)c2ccc(cc2)OCC(O)COc2ccc1cc2. The summed E-state index contributed by atoms with van der Waals surface area (Å²) in [6.45, 7) is 4.85. The smallest absolute Gasteiger partial charge is 0.122 e. The summed E-state index contributed by atoms with van der Waals surface area (Å²) in [4.78, 5) is 0. The van der Waals surface area contributed by atoms with Crippen molar-refractivity contribution < 1.29 is 14.6 Å². The minimum atomic E-state index is -0.649. The van der Waals surface area contributed by atoms with Gasteiger partial charge in [-0.25, -0.2) is 0 Å². The first-order valence-corrected chi connectivity index (χ1v) is 7.20. The Labute approximate surface area is 125 Å². The molecule has 4 aliphatic heterocycles. The van der Waals surface area contributed by atoms with Crippen LogP contribution >= 0.6 is 0 Å². The minimum Gasteiger partial charge on any atom is -0.491 e. The normalized spacial score (nSPS) is 17.9. The van der Waals surface area contributed by atoms with Crippen molar-refractivity contribution in [2.24, 2.45) is 0 Å². The van der Waals surface area contributed by atoms with E-state index in [0.29, 0.717) is 0 Å². The molecule has 2 aromatic carbocycles. The molecule has 0 aromatic heterocycles. The maximum absolute atomic E-state index is 9.87. The second-order valence-corrected chi connectivity index (χ2v) is 5.95. The number of hydrogen-bond donors (Lipinski definition) is 1. The highest BCUT2D eigenvalue weighted by molar-refractivity contribution is 5.41. The molecule has 0 saturated carbocycles. The maximum atomic E-state index is 9.87. The lowest BCUT2D eigenvalue weighted by Gasteiger charge is -2.27. The summed E-state index contributed by atoms with van der Waals surface area (Å²) in [6, 6.07) is 16.1. The zero-order chi connectivity index (χ0) is 14.9. The highest BCUT2D eigenvalue weighted by atomic mass is 16.5. The summed E-state index contributed by atoms with van der Waals surface area (Å²) in [5.74, 6) is 1.53. The van der Waals surface area contributed by atoms with E-state index in [-0.39, 0.29) is 18.6 Å². The third kappa shape index (κ3) is 2.88. The van der Waals surface area contributed by atoms with E-state index >= 15 is 0 Å². The zero-order valence-electron chi connectivity index (χ0n) is 12.4. The Kier molecular flexibility index (Phi) is 3.60. The lowest BCUT2D eigenvalue weighted by Crippen LogP contribution is -2.25. The number of benzene rings is 2. The van der Waals surface area contributed by atoms with Crippen LogP contribution in [0, 0.1) is 0 Å². The molecule has 0 fully saturated rings. The van der Waals surface area contributed by atoms with E-state index in [0.717, 1.165) is 11.5 Å². The van der Waals surface area contributed by atoms with E-state index < -0.39 is 6.10 Å². The molecule has 4 bridgehead atoms. The fourth-order valence-electron chi connectivity index (χ4n) is 2.54. The van der Waals surface area contributed by atoms with Crippen molar-refractivity contribution in [1.29, 1.82) is 0 Å². The quantitative estimate of drug-likeness (QED) is 0.807. The van der Waals surface area contributed by atoms with Gasteiger partial charge in [0, 0.05) is 5.41 Å². The predicted octanol–water partition coefficient (Wildman–Crippen LogP) is 3.14. The molecule has 0 spiro atoms. The van der Waals surface area contributed by atoms with Crippen LogP contribution < -0.4 is 9.47 Å². The van der Waals surface area contributed by atoms with Crippen molar-refractivity contribution in [3.8, 4) is 11.5 Å². The second-order valence-electron chi connectivity index (χ2n) is 5.95. The largest absolute Gasteiger partial charge is 0.491 e. The van der Waals surface area contributed by atoms with Gasteiger partial charge in [0.15, 0.2) is 0 Å². The Balaban J connectivity index is 2.03. The fraction of sp³-hybridized carbons (Fsp3) is 0.333. The van der Waals surface area contributed by atoms with Crippen LogP contribution in [0.25, 0.3) is 0 Å². The van der Waals surface area contributed by atoms with Crippen LogP contribution in [0.15, 0.2) is 48.5 Å². The van der Waals surface area contributed by atoms with E-state index in [1.165, 1.54) is 11.1 Å². The van der Waals surface area contributed by atoms with Gasteiger partial charge in [0.1, 0.15) is 30.8 Å². The highest BCUT2D eigenvalue weighted by Gasteiger charge is 2.23. The third-order valence-corrected chi connectivity index (χ3v) is 4.04. The van der Waals surface area contributed by atoms with Gasteiger partial charge in [-0.05, 0) is 35.4 Å². The molecule has 0 aliphatic carbocycles. The summed E-state index contributed by atoms with van der Waals surface area (Å²) in [7, 11) is 0. The molecule has 6 rings (SSSR count). The van der Waals surface area contributed by atoms with E-state index in [9.17, 15) is 5.11 Å². The van der Waals surface area contributed by atoms with Gasteiger partial charge < -0.3 is 14.6 Å². The van der Waals surface area contributed by atoms with Gasteiger partial charge in [-0.2, -0.15) is 0 Å². The highest BCUT2D eigenvalue weighted by Crippen LogP contribution is 2.33. The first kappa shape index (κ1) is 14.0. The molecule has 0 atom stereocenters. The Morgan fingerprint density at radius 1 is 0.810 bits per heavy atom. The number of aliphatic hydroxyl groups is 1. The summed E-state index contributed by atoms with van der Waals surface area (Å²) >= 11 is 0. The van der Waals surface area contributed by atoms with Crippen molar-refractivity contribution >= 4 is 0 Å². The summed E-state index contributed by atoms with van der Waals surface area (Å²) in [5.41, 5.74) is 2.36. The van der Waals surface area contributed by atoms with Gasteiger partial charge in [0.25, 0.3) is 0 Å². The van der Waals surface area contributed by atoms with Crippen LogP contribution in [-0.2, 0) is 5.41 Å². The van der Waals surface area contributed by atoms with Crippen molar-refractivity contribution in [3.63, 3.8) is 0 Å². The van der Waals surface area contributed by atoms with E-state index in [4.69, 9.17) is 9.47 Å².